The maximum absolute atomic E-state index is 13.9. The highest BCUT2D eigenvalue weighted by Crippen LogP contribution is 2.34. The van der Waals surface area contributed by atoms with Crippen molar-refractivity contribution in [3.05, 3.63) is 35.0 Å². The minimum Gasteiger partial charge on any atom is -0.461 e. The summed E-state index contributed by atoms with van der Waals surface area (Å²) in [5.74, 6) is -4.05. The van der Waals surface area contributed by atoms with Gasteiger partial charge in [0.2, 0.25) is 0 Å². The first-order chi connectivity index (χ1) is 10.3. The summed E-state index contributed by atoms with van der Waals surface area (Å²) in [7, 11) is 0. The summed E-state index contributed by atoms with van der Waals surface area (Å²) in [5.41, 5.74) is -3.49. The highest BCUT2D eigenvalue weighted by Gasteiger charge is 2.34. The molecule has 10 heteroatoms. The zero-order valence-corrected chi connectivity index (χ0v) is 11.0. The number of aromatic amines is 1. The minimum atomic E-state index is -4.91. The number of carbonyl (C=O) groups excluding carboxylic acids is 1. The third kappa shape index (κ3) is 2.90. The first-order valence-corrected chi connectivity index (χ1v) is 5.90. The number of H-pyrrole nitrogens is 1. The Balaban J connectivity index is 2.56. The van der Waals surface area contributed by atoms with E-state index in [1.807, 2.05) is 5.21 Å². The van der Waals surface area contributed by atoms with Gasteiger partial charge in [0.05, 0.1) is 17.7 Å². The van der Waals surface area contributed by atoms with Crippen LogP contribution in [-0.4, -0.2) is 28.0 Å². The van der Waals surface area contributed by atoms with Crippen LogP contribution in [0.1, 0.15) is 23.0 Å². The predicted molar refractivity (Wildman–Crippen MR) is 62.7 cm³/mol. The van der Waals surface area contributed by atoms with Crippen LogP contribution < -0.4 is 0 Å². The SMILES string of the molecule is CCOC(=O)c1n[nH]nc1-c1c(F)cc(C(F)(F)F)cc1F. The minimum absolute atomic E-state index is 0.0247. The molecule has 1 N–H and O–H groups in total. The Kier molecular flexibility index (Phi) is 4.11. The van der Waals surface area contributed by atoms with E-state index in [2.05, 4.69) is 14.9 Å². The van der Waals surface area contributed by atoms with Gasteiger partial charge in [-0.25, -0.2) is 13.6 Å². The Bertz CT molecular complexity index is 688. The monoisotopic (exact) mass is 321 g/mol. The molecule has 0 saturated heterocycles. The van der Waals surface area contributed by atoms with Crippen molar-refractivity contribution in [2.24, 2.45) is 0 Å². The summed E-state index contributed by atoms with van der Waals surface area (Å²) in [4.78, 5) is 11.6. The third-order valence-corrected chi connectivity index (χ3v) is 2.62. The van der Waals surface area contributed by atoms with E-state index in [0.29, 0.717) is 0 Å². The van der Waals surface area contributed by atoms with Gasteiger partial charge in [-0.15, -0.1) is 5.10 Å². The van der Waals surface area contributed by atoms with Gasteiger partial charge in [-0.3, -0.25) is 0 Å². The maximum atomic E-state index is 13.9. The molecule has 2 aromatic rings. The molecule has 0 saturated carbocycles. The number of ether oxygens (including phenoxy) is 1. The number of nitrogens with zero attached hydrogens (tertiary/aromatic N) is 2. The van der Waals surface area contributed by atoms with Crippen LogP contribution >= 0.6 is 0 Å². The second-order valence-corrected chi connectivity index (χ2v) is 4.05. The van der Waals surface area contributed by atoms with Crippen molar-refractivity contribution in [2.45, 2.75) is 13.1 Å². The van der Waals surface area contributed by atoms with Crippen LogP contribution in [0, 0.1) is 11.6 Å². The van der Waals surface area contributed by atoms with Gasteiger partial charge < -0.3 is 4.74 Å². The van der Waals surface area contributed by atoms with Crippen LogP contribution in [0.5, 0.6) is 0 Å². The van der Waals surface area contributed by atoms with Crippen molar-refractivity contribution in [1.82, 2.24) is 15.4 Å². The van der Waals surface area contributed by atoms with E-state index < -0.39 is 46.3 Å². The number of carbonyl (C=O) groups is 1. The summed E-state index contributed by atoms with van der Waals surface area (Å²) in [5, 5.41) is 8.78. The van der Waals surface area contributed by atoms with E-state index in [0.717, 1.165) is 0 Å². The second-order valence-electron chi connectivity index (χ2n) is 4.05. The number of hydrogen-bond donors (Lipinski definition) is 1. The molecular formula is C12H8F5N3O2. The molecule has 0 aliphatic rings. The van der Waals surface area contributed by atoms with Crippen molar-refractivity contribution >= 4 is 5.97 Å². The fourth-order valence-electron chi connectivity index (χ4n) is 1.71. The molecule has 0 radical (unpaired) electrons. The van der Waals surface area contributed by atoms with E-state index in [-0.39, 0.29) is 18.7 Å². The zero-order chi connectivity index (χ0) is 16.5. The molecular weight excluding hydrogens is 313 g/mol. The number of nitrogens with one attached hydrogen (secondary N) is 1. The molecule has 0 atom stereocenters. The molecule has 0 aliphatic carbocycles. The average Bonchev–Trinajstić information content (AvgIpc) is 2.86. The quantitative estimate of drug-likeness (QED) is 0.697. The number of hydrogen-bond acceptors (Lipinski definition) is 4. The van der Waals surface area contributed by atoms with Crippen molar-refractivity contribution < 1.29 is 31.5 Å². The van der Waals surface area contributed by atoms with Gasteiger partial charge in [-0.05, 0) is 19.1 Å². The lowest BCUT2D eigenvalue weighted by molar-refractivity contribution is -0.138. The lowest BCUT2D eigenvalue weighted by atomic mass is 10.1. The van der Waals surface area contributed by atoms with Gasteiger partial charge in [0.25, 0.3) is 0 Å². The Morgan fingerprint density at radius 2 is 1.82 bits per heavy atom. The fraction of sp³-hybridized carbons (Fsp3) is 0.250. The highest BCUT2D eigenvalue weighted by molar-refractivity contribution is 5.94. The smallest absolute Gasteiger partial charge is 0.416 e. The molecule has 0 fully saturated rings. The van der Waals surface area contributed by atoms with Crippen molar-refractivity contribution in [1.29, 1.82) is 0 Å². The van der Waals surface area contributed by atoms with Crippen LogP contribution in [0.2, 0.25) is 0 Å². The first kappa shape index (κ1) is 15.9. The Morgan fingerprint density at radius 3 is 2.32 bits per heavy atom. The van der Waals surface area contributed by atoms with Gasteiger partial charge in [0, 0.05) is 0 Å². The van der Waals surface area contributed by atoms with E-state index in [1.54, 1.807) is 0 Å². The van der Waals surface area contributed by atoms with Gasteiger partial charge in [0.1, 0.15) is 17.3 Å². The second kappa shape index (κ2) is 5.70. The largest absolute Gasteiger partial charge is 0.461 e. The molecule has 0 spiro atoms. The fourth-order valence-corrected chi connectivity index (χ4v) is 1.71. The molecule has 1 aromatic heterocycles. The highest BCUT2D eigenvalue weighted by atomic mass is 19.4. The predicted octanol–water partition coefficient (Wildman–Crippen LogP) is 2.95. The molecule has 5 nitrogen and oxygen atoms in total. The maximum Gasteiger partial charge on any atom is 0.416 e. The van der Waals surface area contributed by atoms with Crippen LogP contribution in [0.4, 0.5) is 22.0 Å². The number of halogens is 5. The standard InChI is InChI=1S/C12H8F5N3O2/c1-2-22-11(21)10-9(18-20-19-10)8-6(13)3-5(4-7(8)14)12(15,16)17/h3-4H,2H2,1H3,(H,18,19,20). The number of rotatable bonds is 3. The number of esters is 1. The van der Waals surface area contributed by atoms with Gasteiger partial charge in [-0.1, -0.05) is 0 Å². The molecule has 0 bridgehead atoms. The lowest BCUT2D eigenvalue weighted by Gasteiger charge is -2.10. The molecule has 2 rings (SSSR count). The molecule has 0 amide bonds. The summed E-state index contributed by atoms with van der Waals surface area (Å²) < 4.78 is 69.8. The molecule has 0 unspecified atom stereocenters. The molecule has 1 heterocycles. The van der Waals surface area contributed by atoms with E-state index in [9.17, 15) is 26.7 Å². The molecule has 1 aromatic carbocycles. The summed E-state index contributed by atoms with van der Waals surface area (Å²) >= 11 is 0. The Morgan fingerprint density at radius 1 is 1.23 bits per heavy atom. The summed E-state index contributed by atoms with van der Waals surface area (Å²) in [6, 6.07) is 0.226. The van der Waals surface area contributed by atoms with Crippen molar-refractivity contribution in [3.63, 3.8) is 0 Å². The Hall–Kier alpha value is -2.52. The summed E-state index contributed by atoms with van der Waals surface area (Å²) in [6.07, 6.45) is -4.91. The van der Waals surface area contributed by atoms with Crippen LogP contribution in [0.25, 0.3) is 11.3 Å². The van der Waals surface area contributed by atoms with Crippen LogP contribution in [0.3, 0.4) is 0 Å². The van der Waals surface area contributed by atoms with E-state index >= 15 is 0 Å². The summed E-state index contributed by atoms with van der Waals surface area (Å²) in [6.45, 7) is 1.47. The van der Waals surface area contributed by atoms with Crippen LogP contribution in [-0.2, 0) is 10.9 Å². The van der Waals surface area contributed by atoms with E-state index in [1.165, 1.54) is 6.92 Å². The lowest BCUT2D eigenvalue weighted by Crippen LogP contribution is -2.10. The Labute approximate surface area is 120 Å². The normalized spacial score (nSPS) is 11.5. The zero-order valence-electron chi connectivity index (χ0n) is 11.0. The number of alkyl halides is 3. The van der Waals surface area contributed by atoms with Crippen molar-refractivity contribution in [3.8, 4) is 11.3 Å². The topological polar surface area (TPSA) is 67.9 Å². The van der Waals surface area contributed by atoms with E-state index in [4.69, 9.17) is 0 Å². The van der Waals surface area contributed by atoms with Gasteiger partial charge in [0.15, 0.2) is 5.69 Å². The third-order valence-electron chi connectivity index (χ3n) is 2.62. The number of benzene rings is 1. The average molecular weight is 321 g/mol. The van der Waals surface area contributed by atoms with Gasteiger partial charge >= 0.3 is 12.1 Å². The number of aromatic nitrogens is 3. The molecule has 118 valence electrons. The first-order valence-electron chi connectivity index (χ1n) is 5.90. The van der Waals surface area contributed by atoms with Crippen molar-refractivity contribution in [2.75, 3.05) is 6.61 Å². The molecule has 22 heavy (non-hydrogen) atoms. The van der Waals surface area contributed by atoms with Gasteiger partial charge in [-0.2, -0.15) is 23.5 Å². The van der Waals surface area contributed by atoms with Crippen LogP contribution in [0.15, 0.2) is 12.1 Å². The molecule has 0 aliphatic heterocycles.